The molecule has 0 saturated heterocycles. The summed E-state index contributed by atoms with van der Waals surface area (Å²) in [6.07, 6.45) is 2.87. The van der Waals surface area contributed by atoms with Crippen molar-refractivity contribution in [1.82, 2.24) is 9.97 Å². The Morgan fingerprint density at radius 2 is 2.11 bits per heavy atom. The molecule has 0 spiro atoms. The number of nitrogens with two attached hydrogens (primary N) is 1. The molecule has 0 aromatic carbocycles. The van der Waals surface area contributed by atoms with Crippen LogP contribution in [0.5, 0.6) is 0 Å². The number of ether oxygens (including phenoxy) is 1. The molecule has 108 valence electrons. The van der Waals surface area contributed by atoms with E-state index in [1.165, 1.54) is 0 Å². The first kappa shape index (κ1) is 15.7. The summed E-state index contributed by atoms with van der Waals surface area (Å²) in [5.74, 6) is 1.88. The summed E-state index contributed by atoms with van der Waals surface area (Å²) >= 11 is 0. The van der Waals surface area contributed by atoms with Crippen molar-refractivity contribution in [3.8, 4) is 0 Å². The lowest BCUT2D eigenvalue weighted by molar-refractivity contribution is 0.128. The maximum Gasteiger partial charge on any atom is 0.158 e. The molecule has 0 radical (unpaired) electrons. The Bertz CT molecular complexity index is 374. The van der Waals surface area contributed by atoms with E-state index in [1.54, 1.807) is 6.07 Å². The van der Waals surface area contributed by atoms with Crippen LogP contribution in [0.3, 0.4) is 0 Å². The van der Waals surface area contributed by atoms with Crippen molar-refractivity contribution in [2.24, 2.45) is 0 Å². The summed E-state index contributed by atoms with van der Waals surface area (Å²) in [4.78, 5) is 10.6. The van der Waals surface area contributed by atoms with E-state index < -0.39 is 0 Å². The van der Waals surface area contributed by atoms with Gasteiger partial charge in [0.25, 0.3) is 0 Å². The lowest BCUT2D eigenvalue weighted by Gasteiger charge is -2.19. The molecule has 1 heterocycles. The first-order chi connectivity index (χ1) is 9.17. The Morgan fingerprint density at radius 1 is 1.32 bits per heavy atom. The molecule has 0 bridgehead atoms. The van der Waals surface area contributed by atoms with Crippen LogP contribution in [-0.4, -0.2) is 41.9 Å². The molecule has 0 aliphatic carbocycles. The summed E-state index contributed by atoms with van der Waals surface area (Å²) in [6, 6.07) is 1.77. The topological polar surface area (TPSA) is 84.5 Å². The van der Waals surface area contributed by atoms with Crippen molar-refractivity contribution in [2.45, 2.75) is 32.8 Å². The maximum absolute atomic E-state index is 8.74. The quantitative estimate of drug-likeness (QED) is 0.655. The largest absolute Gasteiger partial charge is 0.396 e. The molecule has 3 N–H and O–H groups in total. The van der Waals surface area contributed by atoms with Gasteiger partial charge in [0.2, 0.25) is 0 Å². The molecule has 1 rings (SSSR count). The number of nitrogens with zero attached hydrogens (tertiary/aromatic N) is 3. The minimum absolute atomic E-state index is 0.253. The predicted octanol–water partition coefficient (Wildman–Crippen LogP) is 1.19. The molecule has 0 aliphatic rings. The van der Waals surface area contributed by atoms with Gasteiger partial charge in [-0.2, -0.15) is 0 Å². The summed E-state index contributed by atoms with van der Waals surface area (Å²) in [5.41, 5.74) is 5.78. The van der Waals surface area contributed by atoms with Gasteiger partial charge in [-0.3, -0.25) is 0 Å². The van der Waals surface area contributed by atoms with E-state index >= 15 is 0 Å². The smallest absolute Gasteiger partial charge is 0.158 e. The van der Waals surface area contributed by atoms with Crippen molar-refractivity contribution in [3.63, 3.8) is 0 Å². The van der Waals surface area contributed by atoms with E-state index in [-0.39, 0.29) is 6.61 Å². The Balaban J connectivity index is 2.57. The zero-order valence-electron chi connectivity index (χ0n) is 11.8. The highest BCUT2D eigenvalue weighted by molar-refractivity contribution is 5.46. The normalized spacial score (nSPS) is 10.7. The third kappa shape index (κ3) is 5.85. The minimum atomic E-state index is 0.253. The third-order valence-corrected chi connectivity index (χ3v) is 2.76. The fourth-order valence-corrected chi connectivity index (χ4v) is 1.71. The number of aromatic nitrogens is 2. The van der Waals surface area contributed by atoms with Crippen LogP contribution in [0.25, 0.3) is 0 Å². The monoisotopic (exact) mass is 268 g/mol. The SMILES string of the molecule is CCOCc1nc(N)cc(N(C)CCCCCO)n1. The second kappa shape index (κ2) is 8.66. The standard InChI is InChI=1S/C13H24N4O2/c1-3-19-10-12-15-11(14)9-13(16-12)17(2)7-5-4-6-8-18/h9,18H,3-8,10H2,1-2H3,(H2,14,15,16). The van der Waals surface area contributed by atoms with Crippen LogP contribution in [0.2, 0.25) is 0 Å². The average Bonchev–Trinajstić information content (AvgIpc) is 2.40. The molecule has 6 heteroatoms. The molecule has 0 amide bonds. The van der Waals surface area contributed by atoms with Crippen molar-refractivity contribution in [2.75, 3.05) is 37.4 Å². The summed E-state index contributed by atoms with van der Waals surface area (Å²) < 4.78 is 5.30. The third-order valence-electron chi connectivity index (χ3n) is 2.76. The lowest BCUT2D eigenvalue weighted by atomic mass is 10.2. The van der Waals surface area contributed by atoms with Crippen LogP contribution in [0.4, 0.5) is 11.6 Å². The molecule has 1 aromatic heterocycles. The molecule has 0 saturated carbocycles. The number of hydrogen-bond donors (Lipinski definition) is 2. The Kier molecular flexibility index (Phi) is 7.14. The number of hydrogen-bond acceptors (Lipinski definition) is 6. The van der Waals surface area contributed by atoms with Gasteiger partial charge in [-0.25, -0.2) is 9.97 Å². The highest BCUT2D eigenvalue weighted by atomic mass is 16.5. The Morgan fingerprint density at radius 3 is 2.79 bits per heavy atom. The van der Waals surface area contributed by atoms with Crippen LogP contribution < -0.4 is 10.6 Å². The van der Waals surface area contributed by atoms with Crippen LogP contribution in [0.1, 0.15) is 32.0 Å². The van der Waals surface area contributed by atoms with E-state index in [9.17, 15) is 0 Å². The van der Waals surface area contributed by atoms with Gasteiger partial charge in [-0.1, -0.05) is 0 Å². The molecule has 0 fully saturated rings. The fourth-order valence-electron chi connectivity index (χ4n) is 1.71. The lowest BCUT2D eigenvalue weighted by Crippen LogP contribution is -2.21. The van der Waals surface area contributed by atoms with E-state index in [0.29, 0.717) is 24.9 Å². The highest BCUT2D eigenvalue weighted by Gasteiger charge is 2.07. The van der Waals surface area contributed by atoms with Crippen LogP contribution in [-0.2, 0) is 11.3 Å². The molecule has 0 unspecified atom stereocenters. The first-order valence-electron chi connectivity index (χ1n) is 6.70. The van der Waals surface area contributed by atoms with Gasteiger partial charge in [-0.05, 0) is 26.2 Å². The van der Waals surface area contributed by atoms with Gasteiger partial charge in [0.05, 0.1) is 0 Å². The summed E-state index contributed by atoms with van der Waals surface area (Å²) in [5, 5.41) is 8.74. The first-order valence-corrected chi connectivity index (χ1v) is 6.70. The molecule has 1 aromatic rings. The van der Waals surface area contributed by atoms with Gasteiger partial charge in [0, 0.05) is 32.9 Å². The number of anilines is 2. The van der Waals surface area contributed by atoms with Crippen LogP contribution in [0.15, 0.2) is 6.07 Å². The van der Waals surface area contributed by atoms with Gasteiger partial charge < -0.3 is 20.5 Å². The Labute approximate surface area is 114 Å². The highest BCUT2D eigenvalue weighted by Crippen LogP contribution is 2.14. The minimum Gasteiger partial charge on any atom is -0.396 e. The second-order valence-electron chi connectivity index (χ2n) is 4.41. The number of nitrogen functional groups attached to an aromatic ring is 1. The molecule has 19 heavy (non-hydrogen) atoms. The zero-order chi connectivity index (χ0) is 14.1. The summed E-state index contributed by atoms with van der Waals surface area (Å²) in [7, 11) is 1.98. The zero-order valence-corrected chi connectivity index (χ0v) is 11.8. The molecular weight excluding hydrogens is 244 g/mol. The van der Waals surface area contributed by atoms with Gasteiger partial charge in [-0.15, -0.1) is 0 Å². The van der Waals surface area contributed by atoms with E-state index in [2.05, 4.69) is 9.97 Å². The van der Waals surface area contributed by atoms with Gasteiger partial charge in [0.1, 0.15) is 18.2 Å². The van der Waals surface area contributed by atoms with Crippen LogP contribution in [0, 0.1) is 0 Å². The van der Waals surface area contributed by atoms with Crippen molar-refractivity contribution in [3.05, 3.63) is 11.9 Å². The number of unbranched alkanes of at least 4 members (excludes halogenated alkanes) is 2. The van der Waals surface area contributed by atoms with Crippen molar-refractivity contribution in [1.29, 1.82) is 0 Å². The average molecular weight is 268 g/mol. The number of aliphatic hydroxyl groups excluding tert-OH is 1. The van der Waals surface area contributed by atoms with Crippen molar-refractivity contribution < 1.29 is 9.84 Å². The molecular formula is C13H24N4O2. The predicted molar refractivity (Wildman–Crippen MR) is 76.0 cm³/mol. The van der Waals surface area contributed by atoms with E-state index in [4.69, 9.17) is 15.6 Å². The molecule has 0 aliphatic heterocycles. The molecule has 6 nitrogen and oxygen atoms in total. The number of rotatable bonds is 9. The van der Waals surface area contributed by atoms with Gasteiger partial charge >= 0.3 is 0 Å². The van der Waals surface area contributed by atoms with Crippen LogP contribution >= 0.6 is 0 Å². The number of aliphatic hydroxyl groups is 1. The molecule has 0 atom stereocenters. The van der Waals surface area contributed by atoms with E-state index in [0.717, 1.165) is 31.6 Å². The van der Waals surface area contributed by atoms with E-state index in [1.807, 2.05) is 18.9 Å². The second-order valence-corrected chi connectivity index (χ2v) is 4.41. The van der Waals surface area contributed by atoms with Gasteiger partial charge in [0.15, 0.2) is 5.82 Å². The van der Waals surface area contributed by atoms with Crippen molar-refractivity contribution >= 4 is 11.6 Å². The fraction of sp³-hybridized carbons (Fsp3) is 0.692. The Hall–Kier alpha value is -1.40. The maximum atomic E-state index is 8.74. The summed E-state index contributed by atoms with van der Waals surface area (Å²) in [6.45, 7) is 4.07.